The van der Waals surface area contributed by atoms with E-state index in [2.05, 4.69) is 130 Å². The maximum absolute atomic E-state index is 12.8. The lowest BCUT2D eigenvalue weighted by molar-refractivity contribution is -0.167. The van der Waals surface area contributed by atoms with E-state index in [-0.39, 0.29) is 37.5 Å². The Morgan fingerprint density at radius 1 is 0.296 bits per heavy atom. The van der Waals surface area contributed by atoms with Crippen LogP contribution in [0.5, 0.6) is 0 Å². The molecule has 1 atom stereocenters. The third kappa shape index (κ3) is 56.9. The third-order valence-corrected chi connectivity index (χ3v) is 12.3. The molecular formula is C65H108O6. The molecule has 1 unspecified atom stereocenters. The van der Waals surface area contributed by atoms with E-state index >= 15 is 0 Å². The standard InChI is InChI=1S/C65H108O6/c1-4-7-10-13-16-18-20-22-24-26-28-29-30-31-32-33-34-35-37-38-40-42-44-46-49-52-55-58-64(67)70-61-62(60-69-63(66)57-54-51-48-15-12-9-6-3)71-65(68)59-56-53-50-47-45-43-41-39-36-27-25-23-21-19-17-14-11-8-5-2/h7-8,10-11,16-19,22-25,28-29,36,39,43,45,62H,4-6,9,12-15,20-21,26-27,30-35,37-38,40-42,44,46-61H2,1-3H3/b10-7-,11-8-,18-16-,19-17-,24-22-,25-23-,29-28-,39-36-,45-43-. The molecule has 6 heteroatoms. The lowest BCUT2D eigenvalue weighted by Crippen LogP contribution is -2.30. The second-order valence-corrected chi connectivity index (χ2v) is 19.1. The fraction of sp³-hybridized carbons (Fsp3) is 0.677. The number of ether oxygens (including phenoxy) is 3. The molecule has 6 nitrogen and oxygen atoms in total. The van der Waals surface area contributed by atoms with Gasteiger partial charge >= 0.3 is 17.9 Å². The van der Waals surface area contributed by atoms with E-state index in [0.29, 0.717) is 12.8 Å². The number of allylic oxidation sites excluding steroid dienone is 18. The number of hydrogen-bond acceptors (Lipinski definition) is 6. The number of carbonyl (C=O) groups excluding carboxylic acids is 3. The minimum absolute atomic E-state index is 0.0911. The van der Waals surface area contributed by atoms with Crippen LogP contribution in [0.4, 0.5) is 0 Å². The summed E-state index contributed by atoms with van der Waals surface area (Å²) in [7, 11) is 0. The van der Waals surface area contributed by atoms with E-state index < -0.39 is 6.10 Å². The Balaban J connectivity index is 4.19. The van der Waals surface area contributed by atoms with E-state index in [1.54, 1.807) is 0 Å². The first-order valence-electron chi connectivity index (χ1n) is 29.4. The topological polar surface area (TPSA) is 78.9 Å². The quantitative estimate of drug-likeness (QED) is 0.0261. The van der Waals surface area contributed by atoms with Crippen molar-refractivity contribution in [2.24, 2.45) is 0 Å². The van der Waals surface area contributed by atoms with Crippen molar-refractivity contribution in [1.29, 1.82) is 0 Å². The van der Waals surface area contributed by atoms with E-state index in [1.165, 1.54) is 103 Å². The van der Waals surface area contributed by atoms with Crippen molar-refractivity contribution < 1.29 is 28.6 Å². The fourth-order valence-corrected chi connectivity index (χ4v) is 7.93. The Kier molecular flexibility index (Phi) is 55.4. The molecule has 0 amide bonds. The first kappa shape index (κ1) is 67.1. The summed E-state index contributed by atoms with van der Waals surface area (Å²) >= 11 is 0. The van der Waals surface area contributed by atoms with E-state index in [4.69, 9.17) is 14.2 Å². The van der Waals surface area contributed by atoms with Gasteiger partial charge in [-0.1, -0.05) is 252 Å². The number of carbonyl (C=O) groups is 3. The average Bonchev–Trinajstić information content (AvgIpc) is 3.37. The Hall–Kier alpha value is -3.93. The van der Waals surface area contributed by atoms with Crippen LogP contribution >= 0.6 is 0 Å². The predicted octanol–water partition coefficient (Wildman–Crippen LogP) is 19.9. The summed E-state index contributed by atoms with van der Waals surface area (Å²) in [5.74, 6) is -0.929. The summed E-state index contributed by atoms with van der Waals surface area (Å²) < 4.78 is 16.8. The summed E-state index contributed by atoms with van der Waals surface area (Å²) in [4.78, 5) is 38.0. The zero-order valence-electron chi connectivity index (χ0n) is 46.2. The molecule has 71 heavy (non-hydrogen) atoms. The Labute approximate surface area is 438 Å². The molecule has 0 fully saturated rings. The van der Waals surface area contributed by atoms with E-state index in [9.17, 15) is 14.4 Å². The van der Waals surface area contributed by atoms with Crippen molar-refractivity contribution in [1.82, 2.24) is 0 Å². The highest BCUT2D eigenvalue weighted by Gasteiger charge is 2.19. The second kappa shape index (κ2) is 58.6. The molecule has 404 valence electrons. The molecule has 0 spiro atoms. The molecule has 0 heterocycles. The molecule has 0 aromatic heterocycles. The number of esters is 3. The highest BCUT2D eigenvalue weighted by molar-refractivity contribution is 5.71. The van der Waals surface area contributed by atoms with Crippen molar-refractivity contribution >= 4 is 17.9 Å². The summed E-state index contributed by atoms with van der Waals surface area (Å²) in [6.45, 7) is 6.35. The highest BCUT2D eigenvalue weighted by atomic mass is 16.6. The van der Waals surface area contributed by atoms with E-state index in [1.807, 2.05) is 0 Å². The predicted molar refractivity (Wildman–Crippen MR) is 307 cm³/mol. The molecule has 0 saturated carbocycles. The van der Waals surface area contributed by atoms with Gasteiger partial charge < -0.3 is 14.2 Å². The van der Waals surface area contributed by atoms with Crippen molar-refractivity contribution in [2.75, 3.05) is 13.2 Å². The van der Waals surface area contributed by atoms with Crippen molar-refractivity contribution in [3.05, 3.63) is 109 Å². The lowest BCUT2D eigenvalue weighted by Gasteiger charge is -2.18. The average molecular weight is 986 g/mol. The number of unbranched alkanes of at least 4 members (excludes halogenated alkanes) is 23. The summed E-state index contributed by atoms with van der Waals surface area (Å²) in [6.07, 6.45) is 79.7. The van der Waals surface area contributed by atoms with Gasteiger partial charge in [0.15, 0.2) is 6.10 Å². The monoisotopic (exact) mass is 985 g/mol. The van der Waals surface area contributed by atoms with Gasteiger partial charge in [-0.25, -0.2) is 0 Å². The highest BCUT2D eigenvalue weighted by Crippen LogP contribution is 2.15. The number of rotatable bonds is 52. The third-order valence-electron chi connectivity index (χ3n) is 12.3. The van der Waals surface area contributed by atoms with Crippen LogP contribution in [0.2, 0.25) is 0 Å². The largest absolute Gasteiger partial charge is 0.462 e. The smallest absolute Gasteiger partial charge is 0.306 e. The lowest BCUT2D eigenvalue weighted by atomic mass is 10.0. The minimum Gasteiger partial charge on any atom is -0.462 e. The Morgan fingerprint density at radius 2 is 0.549 bits per heavy atom. The molecule has 0 aliphatic carbocycles. The van der Waals surface area contributed by atoms with Crippen molar-refractivity contribution in [3.63, 3.8) is 0 Å². The summed E-state index contributed by atoms with van der Waals surface area (Å²) in [5.41, 5.74) is 0. The van der Waals surface area contributed by atoms with Crippen LogP contribution in [0.3, 0.4) is 0 Å². The SMILES string of the molecule is CC/C=C\C/C=C\C/C=C\C/C=C\C/C=C\CCCCCC(=O)OC(COC(=O)CCCCCCCCC)COC(=O)CCCCCCCCCCCCCCCC/C=C\C/C=C\C/C=C\C/C=C\CC. The zero-order valence-corrected chi connectivity index (χ0v) is 46.2. The normalized spacial score (nSPS) is 12.9. The molecule has 0 bridgehead atoms. The Morgan fingerprint density at radius 3 is 0.873 bits per heavy atom. The Bertz CT molecular complexity index is 1460. The van der Waals surface area contributed by atoms with Crippen LogP contribution in [0.15, 0.2) is 109 Å². The van der Waals surface area contributed by atoms with E-state index in [0.717, 1.165) is 122 Å². The minimum atomic E-state index is -0.794. The van der Waals surface area contributed by atoms with Gasteiger partial charge in [-0.3, -0.25) is 14.4 Å². The molecule has 0 radical (unpaired) electrons. The number of hydrogen-bond donors (Lipinski definition) is 0. The van der Waals surface area contributed by atoms with Gasteiger partial charge in [-0.2, -0.15) is 0 Å². The molecule has 0 aromatic carbocycles. The van der Waals surface area contributed by atoms with Gasteiger partial charge in [0.25, 0.3) is 0 Å². The molecule has 0 aliphatic heterocycles. The van der Waals surface area contributed by atoms with Gasteiger partial charge in [0, 0.05) is 19.3 Å². The fourth-order valence-electron chi connectivity index (χ4n) is 7.93. The van der Waals surface area contributed by atoms with Crippen LogP contribution < -0.4 is 0 Å². The maximum atomic E-state index is 12.8. The van der Waals surface area contributed by atoms with Crippen LogP contribution in [0.1, 0.15) is 265 Å². The maximum Gasteiger partial charge on any atom is 0.306 e. The summed E-state index contributed by atoms with van der Waals surface area (Å²) in [5, 5.41) is 0. The van der Waals surface area contributed by atoms with Gasteiger partial charge in [-0.05, 0) is 103 Å². The van der Waals surface area contributed by atoms with Crippen LogP contribution in [0.25, 0.3) is 0 Å². The van der Waals surface area contributed by atoms with Gasteiger partial charge in [0.05, 0.1) is 0 Å². The van der Waals surface area contributed by atoms with Crippen LogP contribution in [-0.4, -0.2) is 37.2 Å². The molecule has 0 aromatic rings. The first-order chi connectivity index (χ1) is 35.0. The molecule has 0 N–H and O–H groups in total. The van der Waals surface area contributed by atoms with Crippen molar-refractivity contribution in [2.45, 2.75) is 271 Å². The van der Waals surface area contributed by atoms with Gasteiger partial charge in [0.2, 0.25) is 0 Å². The summed E-state index contributed by atoms with van der Waals surface area (Å²) in [6, 6.07) is 0. The molecule has 0 rings (SSSR count). The molecular weight excluding hydrogens is 877 g/mol. The second-order valence-electron chi connectivity index (χ2n) is 19.1. The molecule has 0 aliphatic rings. The molecule has 0 saturated heterocycles. The van der Waals surface area contributed by atoms with Crippen molar-refractivity contribution in [3.8, 4) is 0 Å². The van der Waals surface area contributed by atoms with Crippen LogP contribution in [0, 0.1) is 0 Å². The first-order valence-corrected chi connectivity index (χ1v) is 29.4. The van der Waals surface area contributed by atoms with Gasteiger partial charge in [0.1, 0.15) is 13.2 Å². The van der Waals surface area contributed by atoms with Gasteiger partial charge in [-0.15, -0.1) is 0 Å². The zero-order chi connectivity index (χ0) is 51.4. The van der Waals surface area contributed by atoms with Crippen LogP contribution in [-0.2, 0) is 28.6 Å².